The molecule has 2 rings (SSSR count). The summed E-state index contributed by atoms with van der Waals surface area (Å²) in [5, 5.41) is 12.9. The second-order valence-electron chi connectivity index (χ2n) is 5.43. The molecule has 1 aromatic rings. The van der Waals surface area contributed by atoms with E-state index >= 15 is 0 Å². The van der Waals surface area contributed by atoms with Gasteiger partial charge < -0.3 is 15.2 Å². The van der Waals surface area contributed by atoms with E-state index in [2.05, 4.69) is 25.2 Å². The highest BCUT2D eigenvalue weighted by Crippen LogP contribution is 2.40. The first-order chi connectivity index (χ1) is 8.62. The maximum Gasteiger partial charge on any atom is 0.122 e. The van der Waals surface area contributed by atoms with Crippen molar-refractivity contribution in [3.63, 3.8) is 0 Å². The SMILES string of the molecule is COc1ccc(NCC2(CO)CCC2)c(C)c1C. The fourth-order valence-corrected chi connectivity index (χ4v) is 2.56. The molecule has 1 aliphatic rings. The molecule has 18 heavy (non-hydrogen) atoms. The Kier molecular flexibility index (Phi) is 3.81. The normalized spacial score (nSPS) is 17.1. The lowest BCUT2D eigenvalue weighted by atomic mass is 9.69. The molecule has 3 nitrogen and oxygen atoms in total. The predicted molar refractivity (Wildman–Crippen MR) is 74.3 cm³/mol. The summed E-state index contributed by atoms with van der Waals surface area (Å²) in [4.78, 5) is 0. The molecule has 0 atom stereocenters. The highest BCUT2D eigenvalue weighted by atomic mass is 16.5. The Bertz CT molecular complexity index is 419. The molecule has 100 valence electrons. The summed E-state index contributed by atoms with van der Waals surface area (Å²) in [6, 6.07) is 4.06. The molecule has 0 aliphatic heterocycles. The molecule has 0 aromatic heterocycles. The molecule has 2 N–H and O–H groups in total. The van der Waals surface area contributed by atoms with Gasteiger partial charge in [0.1, 0.15) is 5.75 Å². The third-order valence-electron chi connectivity index (χ3n) is 4.36. The smallest absolute Gasteiger partial charge is 0.122 e. The lowest BCUT2D eigenvalue weighted by Gasteiger charge is -2.40. The second kappa shape index (κ2) is 5.19. The summed E-state index contributed by atoms with van der Waals surface area (Å²) >= 11 is 0. The number of aliphatic hydroxyl groups is 1. The average molecular weight is 249 g/mol. The van der Waals surface area contributed by atoms with Gasteiger partial charge in [0.15, 0.2) is 0 Å². The minimum absolute atomic E-state index is 0.111. The minimum atomic E-state index is 0.111. The van der Waals surface area contributed by atoms with Crippen LogP contribution in [-0.4, -0.2) is 25.4 Å². The molecule has 1 aliphatic carbocycles. The molecule has 0 bridgehead atoms. The average Bonchev–Trinajstić information content (AvgIpc) is 2.33. The van der Waals surface area contributed by atoms with Gasteiger partial charge in [0, 0.05) is 17.6 Å². The van der Waals surface area contributed by atoms with Crippen molar-refractivity contribution in [3.05, 3.63) is 23.3 Å². The first-order valence-corrected chi connectivity index (χ1v) is 6.61. The van der Waals surface area contributed by atoms with Gasteiger partial charge in [-0.05, 0) is 49.9 Å². The van der Waals surface area contributed by atoms with E-state index < -0.39 is 0 Å². The van der Waals surface area contributed by atoms with Gasteiger partial charge in [0.2, 0.25) is 0 Å². The zero-order valence-electron chi connectivity index (χ0n) is 11.5. The van der Waals surface area contributed by atoms with E-state index in [4.69, 9.17) is 4.74 Å². The molecule has 0 radical (unpaired) electrons. The molecular weight excluding hydrogens is 226 g/mol. The van der Waals surface area contributed by atoms with Crippen LogP contribution in [0.3, 0.4) is 0 Å². The summed E-state index contributed by atoms with van der Waals surface area (Å²) in [6.45, 7) is 5.32. The predicted octanol–water partition coefficient (Wildman–Crippen LogP) is 2.89. The number of methoxy groups -OCH3 is 1. The van der Waals surface area contributed by atoms with E-state index in [0.717, 1.165) is 30.8 Å². The van der Waals surface area contributed by atoms with Gasteiger partial charge in [0.05, 0.1) is 13.7 Å². The minimum Gasteiger partial charge on any atom is -0.496 e. The van der Waals surface area contributed by atoms with Crippen LogP contribution in [0.25, 0.3) is 0 Å². The number of anilines is 1. The molecule has 0 heterocycles. The van der Waals surface area contributed by atoms with Crippen LogP contribution in [0.1, 0.15) is 30.4 Å². The summed E-state index contributed by atoms with van der Waals surface area (Å²) in [6.07, 6.45) is 3.50. The van der Waals surface area contributed by atoms with Gasteiger partial charge >= 0.3 is 0 Å². The van der Waals surface area contributed by atoms with Crippen LogP contribution in [0.4, 0.5) is 5.69 Å². The summed E-state index contributed by atoms with van der Waals surface area (Å²) in [5.74, 6) is 0.929. The van der Waals surface area contributed by atoms with Crippen molar-refractivity contribution >= 4 is 5.69 Å². The lowest BCUT2D eigenvalue weighted by Crippen LogP contribution is -2.39. The molecule has 0 unspecified atom stereocenters. The van der Waals surface area contributed by atoms with Crippen LogP contribution >= 0.6 is 0 Å². The van der Waals surface area contributed by atoms with Crippen molar-refractivity contribution in [1.82, 2.24) is 0 Å². The monoisotopic (exact) mass is 249 g/mol. The van der Waals surface area contributed by atoms with Crippen LogP contribution < -0.4 is 10.1 Å². The molecule has 0 saturated heterocycles. The largest absolute Gasteiger partial charge is 0.496 e. The maximum absolute atomic E-state index is 9.46. The van der Waals surface area contributed by atoms with E-state index in [-0.39, 0.29) is 12.0 Å². The Morgan fingerprint density at radius 2 is 2.00 bits per heavy atom. The fourth-order valence-electron chi connectivity index (χ4n) is 2.56. The molecule has 1 fully saturated rings. The van der Waals surface area contributed by atoms with Crippen LogP contribution in [-0.2, 0) is 0 Å². The third kappa shape index (κ3) is 2.32. The maximum atomic E-state index is 9.46. The Hall–Kier alpha value is -1.22. The van der Waals surface area contributed by atoms with Crippen LogP contribution in [0.5, 0.6) is 5.75 Å². The van der Waals surface area contributed by atoms with Gasteiger partial charge in [-0.25, -0.2) is 0 Å². The van der Waals surface area contributed by atoms with E-state index in [1.54, 1.807) is 7.11 Å². The fraction of sp³-hybridized carbons (Fsp3) is 0.600. The molecular formula is C15H23NO2. The molecule has 1 saturated carbocycles. The van der Waals surface area contributed by atoms with Crippen molar-refractivity contribution in [2.75, 3.05) is 25.6 Å². The summed E-state index contributed by atoms with van der Waals surface area (Å²) in [7, 11) is 1.70. The first-order valence-electron chi connectivity index (χ1n) is 6.61. The second-order valence-corrected chi connectivity index (χ2v) is 5.43. The Morgan fingerprint density at radius 1 is 1.28 bits per heavy atom. The van der Waals surface area contributed by atoms with Gasteiger partial charge in [0.25, 0.3) is 0 Å². The topological polar surface area (TPSA) is 41.5 Å². The lowest BCUT2D eigenvalue weighted by molar-refractivity contribution is 0.0576. The van der Waals surface area contributed by atoms with Crippen molar-refractivity contribution in [2.24, 2.45) is 5.41 Å². The number of rotatable bonds is 5. The zero-order valence-corrected chi connectivity index (χ0v) is 11.5. The highest BCUT2D eigenvalue weighted by Gasteiger charge is 2.36. The molecule has 0 spiro atoms. The first kappa shape index (κ1) is 13.2. The highest BCUT2D eigenvalue weighted by molar-refractivity contribution is 5.58. The number of ether oxygens (including phenoxy) is 1. The molecule has 1 aromatic carbocycles. The zero-order chi connectivity index (χ0) is 13.2. The van der Waals surface area contributed by atoms with Crippen LogP contribution in [0.2, 0.25) is 0 Å². The van der Waals surface area contributed by atoms with Crippen LogP contribution in [0, 0.1) is 19.3 Å². The standard InChI is InChI=1S/C15H23NO2/c1-11-12(2)14(18-3)6-5-13(11)16-9-15(10-17)7-4-8-15/h5-6,16-17H,4,7-10H2,1-3H3. The molecule has 0 amide bonds. The number of aliphatic hydroxyl groups excluding tert-OH is 1. The van der Waals surface area contributed by atoms with Gasteiger partial charge in [-0.2, -0.15) is 0 Å². The molecule has 3 heteroatoms. The van der Waals surface area contributed by atoms with Crippen molar-refractivity contribution < 1.29 is 9.84 Å². The van der Waals surface area contributed by atoms with E-state index in [9.17, 15) is 5.11 Å². The summed E-state index contributed by atoms with van der Waals surface area (Å²) < 4.78 is 5.31. The van der Waals surface area contributed by atoms with E-state index in [1.165, 1.54) is 17.5 Å². The van der Waals surface area contributed by atoms with Gasteiger partial charge in [-0.3, -0.25) is 0 Å². The Morgan fingerprint density at radius 3 is 2.50 bits per heavy atom. The Labute approximate surface area is 109 Å². The number of hydrogen-bond acceptors (Lipinski definition) is 3. The summed E-state index contributed by atoms with van der Waals surface area (Å²) in [5.41, 5.74) is 3.66. The van der Waals surface area contributed by atoms with E-state index in [1.807, 2.05) is 6.07 Å². The van der Waals surface area contributed by atoms with Crippen LogP contribution in [0.15, 0.2) is 12.1 Å². The number of hydrogen-bond donors (Lipinski definition) is 2. The van der Waals surface area contributed by atoms with Gasteiger partial charge in [-0.15, -0.1) is 0 Å². The van der Waals surface area contributed by atoms with Gasteiger partial charge in [-0.1, -0.05) is 6.42 Å². The van der Waals surface area contributed by atoms with Crippen molar-refractivity contribution in [2.45, 2.75) is 33.1 Å². The third-order valence-corrected chi connectivity index (χ3v) is 4.36. The number of nitrogens with one attached hydrogen (secondary N) is 1. The number of benzene rings is 1. The van der Waals surface area contributed by atoms with E-state index in [0.29, 0.717) is 0 Å². The quantitative estimate of drug-likeness (QED) is 0.843. The van der Waals surface area contributed by atoms with Crippen molar-refractivity contribution in [1.29, 1.82) is 0 Å². The van der Waals surface area contributed by atoms with Crippen molar-refractivity contribution in [3.8, 4) is 5.75 Å². The Balaban J connectivity index is 2.08.